The highest BCUT2D eigenvalue weighted by molar-refractivity contribution is 4.09. The Morgan fingerprint density at radius 1 is 1.00 bits per heavy atom. The molecule has 0 amide bonds. The minimum Gasteiger partial charge on any atom is -0.312 e. The van der Waals surface area contributed by atoms with Gasteiger partial charge in [-0.3, -0.25) is 0 Å². The van der Waals surface area contributed by atoms with Crippen molar-refractivity contribution in [3.05, 3.63) is 0 Å². The lowest BCUT2D eigenvalue weighted by atomic mass is 12.3. The van der Waals surface area contributed by atoms with Gasteiger partial charge in [-0.1, -0.05) is 0 Å². The molecule has 0 saturated carbocycles. The largest absolute Gasteiger partial charge is 0.312 e. The summed E-state index contributed by atoms with van der Waals surface area (Å²) in [6, 6.07) is 0. The van der Waals surface area contributed by atoms with Crippen molar-refractivity contribution in [2.75, 3.05) is 21.1 Å². The maximum absolute atomic E-state index is 2.00. The number of hydrogen-bond acceptors (Lipinski definition) is 1. The van der Waals surface area contributed by atoms with Gasteiger partial charge in [-0.05, 0) is 21.1 Å². The van der Waals surface area contributed by atoms with E-state index in [9.17, 15) is 0 Å². The second kappa shape index (κ2) is 1.30. The first-order valence-corrected chi connectivity index (χ1v) is 1.34. The molecule has 0 bridgehead atoms. The molecule has 26 valence electrons. The monoisotopic (exact) mass is 65.1 g/mol. The van der Waals surface area contributed by atoms with Gasteiger partial charge in [-0.15, -0.1) is 0 Å². The predicted octanol–water partition coefficient (Wildman–Crippen LogP) is 0.178. The molecule has 1 heteroatoms. The van der Waals surface area contributed by atoms with Crippen molar-refractivity contribution >= 4 is 0 Å². The van der Waals surface area contributed by atoms with Crippen LogP contribution in [0.25, 0.3) is 0 Å². The van der Waals surface area contributed by atoms with E-state index in [2.05, 4.69) is 0 Å². The molecule has 0 rings (SSSR count). The Kier molecular flexibility index (Phi) is 1.28. The summed E-state index contributed by atoms with van der Waals surface area (Å²) in [5, 5.41) is 0. The fourth-order valence-corrected chi connectivity index (χ4v) is 0. The van der Waals surface area contributed by atoms with Crippen LogP contribution >= 0.6 is 0 Å². The summed E-state index contributed by atoms with van der Waals surface area (Å²) in [4.78, 5) is 2.00. The van der Waals surface area contributed by atoms with E-state index >= 15 is 0 Å². The van der Waals surface area contributed by atoms with Crippen LogP contribution in [0.1, 0.15) is 0 Å². The fraction of sp³-hybridized carbons (Fsp3) is 1.00. The van der Waals surface area contributed by atoms with Gasteiger partial charge in [0.2, 0.25) is 0 Å². The molecule has 0 spiro atoms. The Morgan fingerprint density at radius 2 is 1.00 bits per heavy atom. The molecule has 0 aromatic heterocycles. The highest BCUT2D eigenvalue weighted by atomic mass is 15.7. The average Bonchev–Trinajstić information content (AvgIpc) is 0.811. The van der Waals surface area contributed by atoms with Crippen molar-refractivity contribution in [1.29, 1.82) is 0 Å². The molecule has 0 saturated heterocycles. The predicted molar refractivity (Wildman–Crippen MR) is 19.6 cm³/mol. The quantitative estimate of drug-likeness (QED) is 0.389. The molecule has 4 heavy (non-hydrogen) atoms. The molecular weight excluding hydrogens is 56.0 g/mol. The second-order valence-electron chi connectivity index (χ2n) is 1.34. The molecule has 0 atom stereocenters. The standard InChI is InChI=1S/C3H9N/c1-4(2)3/h1-3H3/i1+2,2+2,3+2. The fourth-order valence-electron chi connectivity index (χ4n) is 0. The molecule has 0 aliphatic heterocycles. The van der Waals surface area contributed by atoms with E-state index < -0.39 is 0 Å². The van der Waals surface area contributed by atoms with Gasteiger partial charge in [-0.2, -0.15) is 0 Å². The van der Waals surface area contributed by atoms with Crippen molar-refractivity contribution in [3.8, 4) is 0 Å². The van der Waals surface area contributed by atoms with Crippen molar-refractivity contribution in [3.63, 3.8) is 0 Å². The van der Waals surface area contributed by atoms with Crippen LogP contribution in [0.5, 0.6) is 0 Å². The van der Waals surface area contributed by atoms with E-state index in [-0.39, 0.29) is 0 Å². The SMILES string of the molecule is [14CH3]N([14CH3])[14CH3]. The summed E-state index contributed by atoms with van der Waals surface area (Å²) in [6.45, 7) is 0. The van der Waals surface area contributed by atoms with E-state index in [0.29, 0.717) is 0 Å². The van der Waals surface area contributed by atoms with Gasteiger partial charge in [0.05, 0.1) is 0 Å². The Hall–Kier alpha value is -0.0400. The molecule has 0 unspecified atom stereocenters. The zero-order valence-corrected chi connectivity index (χ0v) is 3.45. The van der Waals surface area contributed by atoms with Gasteiger partial charge in [0.25, 0.3) is 0 Å². The minimum absolute atomic E-state index is 2.00. The van der Waals surface area contributed by atoms with E-state index in [1.807, 2.05) is 26.0 Å². The van der Waals surface area contributed by atoms with Gasteiger partial charge < -0.3 is 4.90 Å². The molecular formula is C3H9N. The third kappa shape index (κ3) is 1130. The number of nitrogens with zero attached hydrogens (tertiary/aromatic N) is 1. The lowest BCUT2D eigenvalue weighted by molar-refractivity contribution is 0.505. The van der Waals surface area contributed by atoms with Gasteiger partial charge in [0, 0.05) is 0 Å². The molecule has 0 heterocycles. The Morgan fingerprint density at radius 3 is 1.00 bits per heavy atom. The minimum atomic E-state index is 2.00. The molecule has 0 aliphatic rings. The summed E-state index contributed by atoms with van der Waals surface area (Å²) < 4.78 is 0. The van der Waals surface area contributed by atoms with Gasteiger partial charge >= 0.3 is 0 Å². The third-order valence-electron chi connectivity index (χ3n) is 0. The van der Waals surface area contributed by atoms with Crippen LogP contribution in [0.15, 0.2) is 0 Å². The first-order chi connectivity index (χ1) is 1.73. The Balaban J connectivity index is 2.32. The average molecular weight is 65.1 g/mol. The summed E-state index contributed by atoms with van der Waals surface area (Å²) in [7, 11) is 6.00. The van der Waals surface area contributed by atoms with Crippen molar-refractivity contribution in [1.82, 2.24) is 4.90 Å². The van der Waals surface area contributed by atoms with Gasteiger partial charge in [-0.25, -0.2) is 0 Å². The van der Waals surface area contributed by atoms with Crippen LogP contribution in [0.3, 0.4) is 0 Å². The number of rotatable bonds is 0. The van der Waals surface area contributed by atoms with Crippen LogP contribution in [0, 0.1) is 0 Å². The topological polar surface area (TPSA) is 3.24 Å². The van der Waals surface area contributed by atoms with Crippen molar-refractivity contribution in [2.24, 2.45) is 0 Å². The van der Waals surface area contributed by atoms with Crippen LogP contribution in [-0.2, 0) is 0 Å². The maximum Gasteiger partial charge on any atom is -0.0140 e. The highest BCUT2D eigenvalue weighted by Crippen LogP contribution is 1.47. The summed E-state index contributed by atoms with van der Waals surface area (Å²) >= 11 is 0. The normalized spacial score (nSPS) is 9.00. The number of hydrogen-bond donors (Lipinski definition) is 0. The summed E-state index contributed by atoms with van der Waals surface area (Å²) in [6.07, 6.45) is 0. The summed E-state index contributed by atoms with van der Waals surface area (Å²) in [5.74, 6) is 0. The van der Waals surface area contributed by atoms with E-state index in [1.165, 1.54) is 0 Å². The van der Waals surface area contributed by atoms with E-state index in [0.717, 1.165) is 0 Å². The van der Waals surface area contributed by atoms with Gasteiger partial charge in [0.15, 0.2) is 0 Å². The second-order valence-corrected chi connectivity index (χ2v) is 1.34. The molecule has 0 aromatic carbocycles. The first-order valence-electron chi connectivity index (χ1n) is 1.34. The Labute approximate surface area is 27.2 Å². The van der Waals surface area contributed by atoms with E-state index in [4.69, 9.17) is 0 Å². The van der Waals surface area contributed by atoms with E-state index in [1.54, 1.807) is 0 Å². The zero-order valence-electron chi connectivity index (χ0n) is 3.45. The molecule has 0 radical (unpaired) electrons. The molecule has 0 aliphatic carbocycles. The maximum atomic E-state index is 2.00. The highest BCUT2D eigenvalue weighted by Gasteiger charge is 1.58. The summed E-state index contributed by atoms with van der Waals surface area (Å²) in [5.41, 5.74) is 0. The smallest absolute Gasteiger partial charge is 0.0140 e. The zero-order chi connectivity index (χ0) is 3.58. The lowest BCUT2D eigenvalue weighted by Gasteiger charge is -1.90. The first kappa shape index (κ1) is 3.96. The molecule has 0 fully saturated rings. The van der Waals surface area contributed by atoms with Crippen molar-refractivity contribution in [2.45, 2.75) is 0 Å². The van der Waals surface area contributed by atoms with Crippen LogP contribution < -0.4 is 0 Å². The lowest BCUT2D eigenvalue weighted by Crippen LogP contribution is -1.99. The molecule has 0 aromatic rings. The molecule has 0 N–H and O–H groups in total. The van der Waals surface area contributed by atoms with Crippen LogP contribution in [0.4, 0.5) is 0 Å². The Bertz CT molecular complexity index is 8.00. The van der Waals surface area contributed by atoms with Gasteiger partial charge in [0.1, 0.15) is 0 Å². The molecule has 1 nitrogen and oxygen atoms in total. The van der Waals surface area contributed by atoms with Crippen molar-refractivity contribution < 1.29 is 0 Å². The van der Waals surface area contributed by atoms with Crippen LogP contribution in [0.2, 0.25) is 0 Å². The third-order valence-corrected chi connectivity index (χ3v) is 0. The van der Waals surface area contributed by atoms with Crippen LogP contribution in [-0.4, -0.2) is 26.0 Å².